The van der Waals surface area contributed by atoms with E-state index in [9.17, 15) is 18.7 Å². The lowest BCUT2D eigenvalue weighted by molar-refractivity contribution is -0.146. The maximum atomic E-state index is 13.6. The maximum absolute atomic E-state index is 13.6. The molecule has 17 heavy (non-hydrogen) atoms. The van der Waals surface area contributed by atoms with Gasteiger partial charge in [0.2, 0.25) is 0 Å². The molecule has 0 heterocycles. The maximum Gasteiger partial charge on any atom is 0.309 e. The van der Waals surface area contributed by atoms with Crippen LogP contribution < -0.4 is 0 Å². The molecule has 0 spiro atoms. The molecular weight excluding hydrogens is 254 g/mol. The average Bonchev–Trinajstić information content (AvgIpc) is 2.21. The van der Waals surface area contributed by atoms with Crippen LogP contribution in [0.5, 0.6) is 5.75 Å². The van der Waals surface area contributed by atoms with Gasteiger partial charge in [0.1, 0.15) is 5.82 Å². The third-order valence-corrected chi connectivity index (χ3v) is 2.71. The summed E-state index contributed by atoms with van der Waals surface area (Å²) in [5.74, 6) is -4.16. The second-order valence-electron chi connectivity index (χ2n) is 4.35. The molecule has 1 aromatic carbocycles. The zero-order chi connectivity index (χ0) is 13.4. The molecule has 0 unspecified atom stereocenters. The molecule has 3 nitrogen and oxygen atoms in total. The summed E-state index contributed by atoms with van der Waals surface area (Å²) in [5, 5.41) is 17.8. The van der Waals surface area contributed by atoms with Gasteiger partial charge in [0.15, 0.2) is 11.6 Å². The van der Waals surface area contributed by atoms with Crippen molar-refractivity contribution in [3.8, 4) is 5.75 Å². The number of aromatic hydroxyl groups is 1. The largest absolute Gasteiger partial charge is 0.505 e. The lowest BCUT2D eigenvalue weighted by atomic mass is 9.85. The first-order chi connectivity index (χ1) is 7.66. The number of carbonyl (C=O) groups is 1. The van der Waals surface area contributed by atoms with Crippen molar-refractivity contribution in [3.63, 3.8) is 0 Å². The Morgan fingerprint density at radius 3 is 2.47 bits per heavy atom. The standard InChI is InChI=1S/C11H11ClF2O3/c1-11(2,10(16)17)4-5-8(14)6(12)3-7(13)9(5)15/h3,15H,4H2,1-2H3,(H,16,17). The minimum atomic E-state index is -1.34. The van der Waals surface area contributed by atoms with Crippen LogP contribution in [0.1, 0.15) is 19.4 Å². The van der Waals surface area contributed by atoms with Gasteiger partial charge < -0.3 is 10.2 Å². The number of aliphatic carboxylic acids is 1. The summed E-state index contributed by atoms with van der Waals surface area (Å²) >= 11 is 5.43. The fourth-order valence-electron chi connectivity index (χ4n) is 1.31. The first-order valence-corrected chi connectivity index (χ1v) is 5.13. The van der Waals surface area contributed by atoms with Crippen LogP contribution in [0.15, 0.2) is 6.07 Å². The highest BCUT2D eigenvalue weighted by Gasteiger charge is 2.31. The van der Waals surface area contributed by atoms with Gasteiger partial charge in [-0.25, -0.2) is 8.78 Å². The van der Waals surface area contributed by atoms with E-state index < -0.39 is 39.4 Å². The first kappa shape index (κ1) is 13.7. The molecule has 0 fully saturated rings. The highest BCUT2D eigenvalue weighted by Crippen LogP contribution is 2.34. The molecule has 2 N–H and O–H groups in total. The van der Waals surface area contributed by atoms with E-state index in [0.29, 0.717) is 6.07 Å². The second-order valence-corrected chi connectivity index (χ2v) is 4.75. The van der Waals surface area contributed by atoms with Crippen LogP contribution in [-0.2, 0) is 11.2 Å². The van der Waals surface area contributed by atoms with Crippen molar-refractivity contribution in [2.45, 2.75) is 20.3 Å². The van der Waals surface area contributed by atoms with E-state index in [1.165, 1.54) is 13.8 Å². The van der Waals surface area contributed by atoms with E-state index >= 15 is 0 Å². The Morgan fingerprint density at radius 1 is 1.47 bits per heavy atom. The number of benzene rings is 1. The Hall–Kier alpha value is -1.36. The second kappa shape index (κ2) is 4.49. The molecule has 0 aliphatic carbocycles. The Morgan fingerprint density at radius 2 is 2.00 bits per heavy atom. The third kappa shape index (κ3) is 2.66. The van der Waals surface area contributed by atoms with Gasteiger partial charge >= 0.3 is 5.97 Å². The monoisotopic (exact) mass is 264 g/mol. The Bertz CT molecular complexity index is 446. The van der Waals surface area contributed by atoms with Crippen molar-refractivity contribution >= 4 is 17.6 Å². The summed E-state index contributed by atoms with van der Waals surface area (Å²) in [6, 6.07) is 0.642. The number of hydrogen-bond donors (Lipinski definition) is 2. The van der Waals surface area contributed by atoms with Crippen molar-refractivity contribution < 1.29 is 23.8 Å². The van der Waals surface area contributed by atoms with E-state index in [1.54, 1.807) is 0 Å². The highest BCUT2D eigenvalue weighted by atomic mass is 35.5. The Labute approximate surface area is 102 Å². The van der Waals surface area contributed by atoms with Gasteiger partial charge in [-0.2, -0.15) is 0 Å². The van der Waals surface area contributed by atoms with E-state index in [2.05, 4.69) is 0 Å². The summed E-state index contributed by atoms with van der Waals surface area (Å²) in [5.41, 5.74) is -1.77. The zero-order valence-electron chi connectivity index (χ0n) is 9.22. The van der Waals surface area contributed by atoms with Crippen LogP contribution in [0.4, 0.5) is 8.78 Å². The fraction of sp³-hybridized carbons (Fsp3) is 0.364. The van der Waals surface area contributed by atoms with E-state index in [-0.39, 0.29) is 6.42 Å². The molecule has 0 atom stereocenters. The smallest absolute Gasteiger partial charge is 0.309 e. The third-order valence-electron chi connectivity index (χ3n) is 2.44. The lowest BCUT2D eigenvalue weighted by Crippen LogP contribution is -2.26. The first-order valence-electron chi connectivity index (χ1n) is 4.75. The molecule has 94 valence electrons. The van der Waals surface area contributed by atoms with Gasteiger partial charge in [0, 0.05) is 5.56 Å². The molecule has 0 saturated heterocycles. The lowest BCUT2D eigenvalue weighted by Gasteiger charge is -2.20. The normalized spacial score (nSPS) is 11.6. The number of phenols is 1. The van der Waals surface area contributed by atoms with Gasteiger partial charge in [0.25, 0.3) is 0 Å². The minimum absolute atomic E-state index is 0.364. The van der Waals surface area contributed by atoms with Crippen molar-refractivity contribution in [2.75, 3.05) is 0 Å². The summed E-state index contributed by atoms with van der Waals surface area (Å²) in [6.45, 7) is 2.68. The average molecular weight is 265 g/mol. The van der Waals surface area contributed by atoms with Gasteiger partial charge in [-0.05, 0) is 26.3 Å². The molecule has 0 aromatic heterocycles. The quantitative estimate of drug-likeness (QED) is 0.825. The van der Waals surface area contributed by atoms with Crippen LogP contribution in [0.2, 0.25) is 5.02 Å². The Kier molecular flexibility index (Phi) is 3.62. The fourth-order valence-corrected chi connectivity index (χ4v) is 1.52. The highest BCUT2D eigenvalue weighted by molar-refractivity contribution is 6.30. The van der Waals surface area contributed by atoms with Crippen molar-refractivity contribution in [1.82, 2.24) is 0 Å². The molecule has 0 radical (unpaired) electrons. The SMILES string of the molecule is CC(C)(Cc1c(O)c(F)cc(Cl)c1F)C(=O)O. The minimum Gasteiger partial charge on any atom is -0.505 e. The van der Waals surface area contributed by atoms with Crippen LogP contribution in [0.3, 0.4) is 0 Å². The number of rotatable bonds is 3. The number of halogens is 3. The van der Waals surface area contributed by atoms with E-state index in [0.717, 1.165) is 0 Å². The summed E-state index contributed by atoms with van der Waals surface area (Å²) in [6.07, 6.45) is -0.364. The van der Waals surface area contributed by atoms with Gasteiger partial charge in [0.05, 0.1) is 10.4 Å². The number of carboxylic acids is 1. The van der Waals surface area contributed by atoms with Crippen molar-refractivity contribution in [2.24, 2.45) is 5.41 Å². The molecule has 0 bridgehead atoms. The number of phenolic OH excluding ortho intramolecular Hbond substituents is 1. The molecular formula is C11H11ClF2O3. The van der Waals surface area contributed by atoms with Crippen LogP contribution >= 0.6 is 11.6 Å². The van der Waals surface area contributed by atoms with Crippen molar-refractivity contribution in [1.29, 1.82) is 0 Å². The summed E-state index contributed by atoms with van der Waals surface area (Å²) in [7, 11) is 0. The van der Waals surface area contributed by atoms with Crippen LogP contribution in [0.25, 0.3) is 0 Å². The molecule has 0 amide bonds. The molecule has 1 aromatic rings. The van der Waals surface area contributed by atoms with Crippen molar-refractivity contribution in [3.05, 3.63) is 28.3 Å². The number of carboxylic acid groups (broad SMARTS) is 1. The topological polar surface area (TPSA) is 57.5 Å². The molecule has 0 saturated carbocycles. The zero-order valence-corrected chi connectivity index (χ0v) is 9.98. The Balaban J connectivity index is 3.28. The molecule has 0 aliphatic heterocycles. The number of hydrogen-bond acceptors (Lipinski definition) is 2. The summed E-state index contributed by atoms with van der Waals surface area (Å²) < 4.78 is 26.7. The summed E-state index contributed by atoms with van der Waals surface area (Å²) in [4.78, 5) is 10.9. The molecule has 6 heteroatoms. The van der Waals surface area contributed by atoms with Crippen LogP contribution in [-0.4, -0.2) is 16.2 Å². The molecule has 1 rings (SSSR count). The van der Waals surface area contributed by atoms with Gasteiger partial charge in [-0.3, -0.25) is 4.79 Å². The molecule has 0 aliphatic rings. The van der Waals surface area contributed by atoms with Gasteiger partial charge in [-0.15, -0.1) is 0 Å². The predicted octanol–water partition coefficient (Wildman–Crippen LogP) is 2.98. The van der Waals surface area contributed by atoms with Gasteiger partial charge in [-0.1, -0.05) is 11.6 Å². The predicted molar refractivity (Wildman–Crippen MR) is 58.2 cm³/mol. The van der Waals surface area contributed by atoms with Crippen LogP contribution in [0, 0.1) is 17.0 Å². The van der Waals surface area contributed by atoms with E-state index in [1.807, 2.05) is 0 Å². The van der Waals surface area contributed by atoms with E-state index in [4.69, 9.17) is 16.7 Å².